The van der Waals surface area contributed by atoms with E-state index < -0.39 is 0 Å². The third-order valence-electron chi connectivity index (χ3n) is 1.97. The second kappa shape index (κ2) is 6.25. The van der Waals surface area contributed by atoms with Gasteiger partial charge in [0.2, 0.25) is 0 Å². The lowest BCUT2D eigenvalue weighted by Gasteiger charge is -2.07. The van der Waals surface area contributed by atoms with Crippen molar-refractivity contribution in [2.75, 3.05) is 23.0 Å². The maximum Gasteiger partial charge on any atom is 0.0481 e. The molecule has 3 heteroatoms. The summed E-state index contributed by atoms with van der Waals surface area (Å²) in [5.74, 6) is 3.55. The summed E-state index contributed by atoms with van der Waals surface area (Å²) in [6.45, 7) is 4.25. The van der Waals surface area contributed by atoms with Gasteiger partial charge in [-0.1, -0.05) is 19.1 Å². The Balaban J connectivity index is 2.46. The molecular weight excluding hydrogens is 210 g/mol. The number of benzene rings is 1. The van der Waals surface area contributed by atoms with Crippen molar-refractivity contribution in [2.24, 2.45) is 0 Å². The summed E-state index contributed by atoms with van der Waals surface area (Å²) >= 11 is 3.83. The van der Waals surface area contributed by atoms with E-state index in [1.807, 2.05) is 23.5 Å². The molecule has 0 bridgehead atoms. The molecule has 0 saturated heterocycles. The van der Waals surface area contributed by atoms with Crippen molar-refractivity contribution >= 4 is 29.2 Å². The number of para-hydroxylation sites is 1. The first kappa shape index (κ1) is 11.8. The molecule has 0 amide bonds. The van der Waals surface area contributed by atoms with Crippen LogP contribution in [0, 0.1) is 6.92 Å². The van der Waals surface area contributed by atoms with Gasteiger partial charge in [-0.25, -0.2) is 0 Å². The molecule has 0 aliphatic carbocycles. The van der Waals surface area contributed by atoms with Crippen LogP contribution in [0.3, 0.4) is 0 Å². The van der Waals surface area contributed by atoms with Crippen LogP contribution in [0.15, 0.2) is 23.1 Å². The van der Waals surface area contributed by atoms with E-state index in [0.717, 1.165) is 11.4 Å². The van der Waals surface area contributed by atoms with Gasteiger partial charge in [-0.05, 0) is 24.3 Å². The largest absolute Gasteiger partial charge is 0.398 e. The molecule has 1 nitrogen and oxygen atoms in total. The zero-order valence-electron chi connectivity index (χ0n) is 8.75. The number of aryl methyl sites for hydroxylation is 1. The third kappa shape index (κ3) is 3.46. The van der Waals surface area contributed by atoms with E-state index in [4.69, 9.17) is 5.73 Å². The molecule has 0 spiro atoms. The van der Waals surface area contributed by atoms with Crippen LogP contribution in [-0.4, -0.2) is 17.3 Å². The van der Waals surface area contributed by atoms with Crippen LogP contribution in [0.25, 0.3) is 0 Å². The van der Waals surface area contributed by atoms with E-state index >= 15 is 0 Å². The van der Waals surface area contributed by atoms with Gasteiger partial charge in [-0.2, -0.15) is 11.8 Å². The summed E-state index contributed by atoms with van der Waals surface area (Å²) in [6.07, 6.45) is 0. The maximum absolute atomic E-state index is 5.97. The van der Waals surface area contributed by atoms with Crippen LogP contribution in [0.4, 0.5) is 5.69 Å². The molecule has 1 aromatic carbocycles. The fourth-order valence-electron chi connectivity index (χ4n) is 1.13. The molecule has 78 valence electrons. The third-order valence-corrected chi connectivity index (χ3v) is 4.21. The van der Waals surface area contributed by atoms with Gasteiger partial charge in [0.1, 0.15) is 0 Å². The molecule has 0 heterocycles. The number of nitrogens with two attached hydrogens (primary N) is 1. The number of nitrogen functional groups attached to an aromatic ring is 1. The lowest BCUT2D eigenvalue weighted by molar-refractivity contribution is 1.36. The van der Waals surface area contributed by atoms with E-state index in [1.54, 1.807) is 0 Å². The number of anilines is 1. The van der Waals surface area contributed by atoms with E-state index in [9.17, 15) is 0 Å². The Morgan fingerprint density at radius 3 is 2.79 bits per heavy atom. The SMILES string of the molecule is CCSCCSc1cccc(C)c1N. The van der Waals surface area contributed by atoms with Crippen molar-refractivity contribution in [3.8, 4) is 0 Å². The fourth-order valence-corrected chi connectivity index (χ4v) is 2.94. The summed E-state index contributed by atoms with van der Waals surface area (Å²) in [5.41, 5.74) is 8.09. The Labute approximate surface area is 94.8 Å². The minimum Gasteiger partial charge on any atom is -0.398 e. The molecule has 14 heavy (non-hydrogen) atoms. The van der Waals surface area contributed by atoms with E-state index in [2.05, 4.69) is 32.0 Å². The molecule has 0 aliphatic heterocycles. The molecule has 1 aromatic rings. The lowest BCUT2D eigenvalue weighted by atomic mass is 10.2. The zero-order chi connectivity index (χ0) is 10.4. The van der Waals surface area contributed by atoms with Crippen LogP contribution >= 0.6 is 23.5 Å². The first-order valence-electron chi connectivity index (χ1n) is 4.81. The van der Waals surface area contributed by atoms with Gasteiger partial charge in [0.25, 0.3) is 0 Å². The predicted molar refractivity (Wildman–Crippen MR) is 69.3 cm³/mol. The molecular formula is C11H17NS2. The van der Waals surface area contributed by atoms with Crippen molar-refractivity contribution < 1.29 is 0 Å². The maximum atomic E-state index is 5.97. The average Bonchev–Trinajstić information content (AvgIpc) is 2.19. The molecule has 2 N–H and O–H groups in total. The number of thioether (sulfide) groups is 2. The van der Waals surface area contributed by atoms with Crippen molar-refractivity contribution in [1.82, 2.24) is 0 Å². The second-order valence-electron chi connectivity index (χ2n) is 3.03. The highest BCUT2D eigenvalue weighted by Gasteiger charge is 2.01. The van der Waals surface area contributed by atoms with Gasteiger partial charge in [-0.3, -0.25) is 0 Å². The molecule has 0 unspecified atom stereocenters. The van der Waals surface area contributed by atoms with E-state index in [-0.39, 0.29) is 0 Å². The second-order valence-corrected chi connectivity index (χ2v) is 5.56. The minimum atomic E-state index is 0.944. The van der Waals surface area contributed by atoms with Crippen molar-refractivity contribution in [2.45, 2.75) is 18.7 Å². The van der Waals surface area contributed by atoms with Gasteiger partial charge < -0.3 is 5.73 Å². The molecule has 0 saturated carbocycles. The highest BCUT2D eigenvalue weighted by molar-refractivity contribution is 8.03. The smallest absolute Gasteiger partial charge is 0.0481 e. The van der Waals surface area contributed by atoms with Gasteiger partial charge in [0.05, 0.1) is 0 Å². The Bertz CT molecular complexity index is 287. The molecule has 0 radical (unpaired) electrons. The van der Waals surface area contributed by atoms with Crippen LogP contribution in [-0.2, 0) is 0 Å². The van der Waals surface area contributed by atoms with Gasteiger partial charge >= 0.3 is 0 Å². The Morgan fingerprint density at radius 2 is 2.07 bits per heavy atom. The summed E-state index contributed by atoms with van der Waals surface area (Å²) in [6, 6.07) is 6.23. The van der Waals surface area contributed by atoms with Crippen LogP contribution in [0.5, 0.6) is 0 Å². The highest BCUT2D eigenvalue weighted by Crippen LogP contribution is 2.27. The average molecular weight is 227 g/mol. The molecule has 0 aliphatic rings. The minimum absolute atomic E-state index is 0.944. The Kier molecular flexibility index (Phi) is 5.26. The Hall–Kier alpha value is -0.280. The first-order valence-corrected chi connectivity index (χ1v) is 6.95. The van der Waals surface area contributed by atoms with Crippen LogP contribution in [0.1, 0.15) is 12.5 Å². The predicted octanol–water partition coefficient (Wildman–Crippen LogP) is 3.42. The fraction of sp³-hybridized carbons (Fsp3) is 0.455. The number of rotatable bonds is 5. The zero-order valence-corrected chi connectivity index (χ0v) is 10.4. The van der Waals surface area contributed by atoms with Gasteiger partial charge in [-0.15, -0.1) is 11.8 Å². The normalized spacial score (nSPS) is 10.4. The molecule has 0 aromatic heterocycles. The first-order chi connectivity index (χ1) is 6.75. The molecule has 1 rings (SSSR count). The van der Waals surface area contributed by atoms with Gasteiger partial charge in [0, 0.05) is 22.1 Å². The highest BCUT2D eigenvalue weighted by atomic mass is 32.2. The van der Waals surface area contributed by atoms with E-state index in [1.165, 1.54) is 22.0 Å². The summed E-state index contributed by atoms with van der Waals surface area (Å²) in [5, 5.41) is 0. The number of hydrogen-bond acceptors (Lipinski definition) is 3. The summed E-state index contributed by atoms with van der Waals surface area (Å²) < 4.78 is 0. The quantitative estimate of drug-likeness (QED) is 0.474. The topological polar surface area (TPSA) is 26.0 Å². The summed E-state index contributed by atoms with van der Waals surface area (Å²) in [4.78, 5) is 1.22. The monoisotopic (exact) mass is 227 g/mol. The standard InChI is InChI=1S/C11H17NS2/c1-3-13-7-8-14-10-6-4-5-9(2)11(10)12/h4-6H,3,7-8,12H2,1-2H3. The van der Waals surface area contributed by atoms with Crippen molar-refractivity contribution in [3.05, 3.63) is 23.8 Å². The van der Waals surface area contributed by atoms with Crippen LogP contribution in [0.2, 0.25) is 0 Å². The molecule has 0 atom stereocenters. The molecule has 0 fully saturated rings. The van der Waals surface area contributed by atoms with Crippen LogP contribution < -0.4 is 5.73 Å². The number of hydrogen-bond donors (Lipinski definition) is 1. The Morgan fingerprint density at radius 1 is 1.29 bits per heavy atom. The lowest BCUT2D eigenvalue weighted by Crippen LogP contribution is -1.93. The van der Waals surface area contributed by atoms with Crippen molar-refractivity contribution in [1.29, 1.82) is 0 Å². The summed E-state index contributed by atoms with van der Waals surface area (Å²) in [7, 11) is 0. The van der Waals surface area contributed by atoms with Gasteiger partial charge in [0.15, 0.2) is 0 Å². The van der Waals surface area contributed by atoms with E-state index in [0.29, 0.717) is 0 Å². The van der Waals surface area contributed by atoms with Crippen molar-refractivity contribution in [3.63, 3.8) is 0 Å².